The molecule has 2 amide bonds. The molecule has 0 atom stereocenters. The van der Waals surface area contributed by atoms with Gasteiger partial charge in [-0.1, -0.05) is 30.7 Å². The number of nitrogens with one attached hydrogen (secondary N) is 2. The number of ether oxygens (including phenoxy) is 4. The lowest BCUT2D eigenvalue weighted by molar-refractivity contribution is -0.117. The number of hydrogen-bond acceptors (Lipinski definition) is 9. The third kappa shape index (κ3) is 14.5. The number of urea groups is 1. The van der Waals surface area contributed by atoms with Crippen LogP contribution in [0.25, 0.3) is 27.5 Å². The Balaban J connectivity index is 1.15. The second kappa shape index (κ2) is 24.2. The average Bonchev–Trinajstić information content (AvgIpc) is 3.69. The van der Waals surface area contributed by atoms with Gasteiger partial charge in [-0.15, -0.1) is 0 Å². The van der Waals surface area contributed by atoms with E-state index in [0.717, 1.165) is 30.5 Å². The molecule has 0 unspecified atom stereocenters. The third-order valence-corrected chi connectivity index (χ3v) is 8.98. The van der Waals surface area contributed by atoms with E-state index in [1.807, 2.05) is 56.3 Å². The number of ketones is 2. The highest BCUT2D eigenvalue weighted by Gasteiger charge is 2.21. The molecule has 14 heteroatoms. The molecule has 0 radical (unpaired) electrons. The Morgan fingerprint density at radius 3 is 2.07 bits per heavy atom. The maximum absolute atomic E-state index is 13.9. The van der Waals surface area contributed by atoms with Crippen molar-refractivity contribution in [1.82, 2.24) is 25.0 Å². The van der Waals surface area contributed by atoms with Crippen LogP contribution in [-0.4, -0.2) is 97.9 Å². The lowest BCUT2D eigenvalue weighted by Crippen LogP contribution is -2.37. The molecular formula is C43H54N6O8. The zero-order chi connectivity index (χ0) is 40.8. The summed E-state index contributed by atoms with van der Waals surface area (Å²) in [5.74, 6) is -0.0845. The molecule has 0 spiro atoms. The van der Waals surface area contributed by atoms with Crippen molar-refractivity contribution in [1.29, 1.82) is 0 Å². The van der Waals surface area contributed by atoms with Crippen molar-refractivity contribution >= 4 is 23.3 Å². The van der Waals surface area contributed by atoms with E-state index >= 15 is 0 Å². The van der Waals surface area contributed by atoms with Crippen LogP contribution < -0.4 is 16.2 Å². The van der Waals surface area contributed by atoms with E-state index in [2.05, 4.69) is 20.6 Å². The molecule has 2 aromatic carbocycles. The molecule has 0 aliphatic rings. The minimum absolute atomic E-state index is 0.0895. The lowest BCUT2D eigenvalue weighted by Gasteiger charge is -2.18. The zero-order valence-corrected chi connectivity index (χ0v) is 33.2. The van der Waals surface area contributed by atoms with Crippen LogP contribution in [0.15, 0.2) is 71.7 Å². The highest BCUT2D eigenvalue weighted by Crippen LogP contribution is 2.28. The van der Waals surface area contributed by atoms with Gasteiger partial charge in [-0.2, -0.15) is 5.10 Å². The van der Waals surface area contributed by atoms with E-state index in [0.29, 0.717) is 107 Å². The van der Waals surface area contributed by atoms with Gasteiger partial charge in [0, 0.05) is 49.5 Å². The fourth-order valence-electron chi connectivity index (χ4n) is 6.03. The van der Waals surface area contributed by atoms with Gasteiger partial charge in [-0.05, 0) is 82.0 Å². The van der Waals surface area contributed by atoms with Crippen molar-refractivity contribution in [2.24, 2.45) is 0 Å². The molecule has 2 aromatic heterocycles. The van der Waals surface area contributed by atoms with Crippen molar-refractivity contribution < 1.29 is 33.3 Å². The van der Waals surface area contributed by atoms with Gasteiger partial charge in [-0.25, -0.2) is 14.3 Å². The van der Waals surface area contributed by atoms with Gasteiger partial charge >= 0.3 is 6.03 Å². The van der Waals surface area contributed by atoms with Gasteiger partial charge < -0.3 is 34.4 Å². The van der Waals surface area contributed by atoms with Gasteiger partial charge in [0.25, 0.3) is 5.56 Å². The molecule has 14 nitrogen and oxygen atoms in total. The summed E-state index contributed by atoms with van der Waals surface area (Å²) < 4.78 is 25.6. The van der Waals surface area contributed by atoms with Crippen molar-refractivity contribution in [2.75, 3.05) is 65.9 Å². The number of pyridine rings is 1. The molecule has 4 rings (SSSR count). The number of carbonyl (C=O) groups excluding carboxylic acids is 3. The van der Waals surface area contributed by atoms with Crippen molar-refractivity contribution in [3.8, 4) is 22.6 Å². The van der Waals surface area contributed by atoms with Crippen LogP contribution in [0.4, 0.5) is 10.5 Å². The highest BCUT2D eigenvalue weighted by molar-refractivity contribution is 5.97. The monoisotopic (exact) mass is 782 g/mol. The Labute approximate surface area is 334 Å². The summed E-state index contributed by atoms with van der Waals surface area (Å²) in [4.78, 5) is 53.7. The van der Waals surface area contributed by atoms with Crippen molar-refractivity contribution in [3.05, 3.63) is 105 Å². The number of aromatic nitrogens is 3. The molecule has 57 heavy (non-hydrogen) atoms. The molecule has 4 aromatic rings. The van der Waals surface area contributed by atoms with Gasteiger partial charge in [0.2, 0.25) is 0 Å². The fraction of sp³-hybridized carbons (Fsp3) is 0.442. The summed E-state index contributed by atoms with van der Waals surface area (Å²) in [5, 5.41) is 10.0. The quantitative estimate of drug-likeness (QED) is 0.0422. The van der Waals surface area contributed by atoms with Crippen LogP contribution in [0.2, 0.25) is 0 Å². The number of carbonyl (C=O) groups is 3. The first kappa shape index (κ1) is 44.3. The summed E-state index contributed by atoms with van der Waals surface area (Å²) in [7, 11) is 0. The molecule has 0 aliphatic carbocycles. The van der Waals surface area contributed by atoms with Crippen molar-refractivity contribution in [2.45, 2.75) is 59.3 Å². The topological polar surface area (TPSA) is 156 Å². The predicted molar refractivity (Wildman–Crippen MR) is 218 cm³/mol. The summed E-state index contributed by atoms with van der Waals surface area (Å²) in [5.41, 5.74) is 4.68. The molecule has 0 saturated carbocycles. The number of rotatable bonds is 26. The average molecular weight is 783 g/mol. The largest absolute Gasteiger partial charge is 0.379 e. The molecule has 2 N–H and O–H groups in total. The summed E-state index contributed by atoms with van der Waals surface area (Å²) in [6, 6.07) is 18.0. The Bertz CT molecular complexity index is 2000. The van der Waals surface area contributed by atoms with E-state index in [4.69, 9.17) is 25.5 Å². The van der Waals surface area contributed by atoms with Crippen LogP contribution in [0, 0.1) is 20.4 Å². The highest BCUT2D eigenvalue weighted by atomic mass is 16.6. The van der Waals surface area contributed by atoms with Crippen LogP contribution in [-0.2, 0) is 23.7 Å². The number of amides is 2. The predicted octanol–water partition coefficient (Wildman–Crippen LogP) is 6.34. The van der Waals surface area contributed by atoms with Gasteiger partial charge in [0.05, 0.1) is 76.0 Å². The van der Waals surface area contributed by atoms with Gasteiger partial charge in [0.1, 0.15) is 5.78 Å². The zero-order valence-electron chi connectivity index (χ0n) is 33.2. The number of Topliss-reactive ketones (excluding diaryl/α,β-unsaturated/α-hetero) is 2. The summed E-state index contributed by atoms with van der Waals surface area (Å²) >= 11 is 0. The molecule has 0 bridgehead atoms. The molecule has 0 saturated heterocycles. The summed E-state index contributed by atoms with van der Waals surface area (Å²) in [6.45, 7) is 16.7. The van der Waals surface area contributed by atoms with Crippen LogP contribution in [0.3, 0.4) is 0 Å². The first-order valence-electron chi connectivity index (χ1n) is 19.4. The van der Waals surface area contributed by atoms with Gasteiger partial charge in [0.15, 0.2) is 11.5 Å². The lowest BCUT2D eigenvalue weighted by atomic mass is 10.0. The van der Waals surface area contributed by atoms with Crippen molar-refractivity contribution in [3.63, 3.8) is 0 Å². The number of benzene rings is 2. The van der Waals surface area contributed by atoms with E-state index in [9.17, 15) is 19.2 Å². The minimum Gasteiger partial charge on any atom is -0.379 e. The van der Waals surface area contributed by atoms with Crippen LogP contribution >= 0.6 is 0 Å². The normalized spacial score (nSPS) is 11.0. The van der Waals surface area contributed by atoms with Crippen LogP contribution in [0.1, 0.15) is 67.1 Å². The molecule has 0 aliphatic heterocycles. The van der Waals surface area contributed by atoms with Gasteiger partial charge in [-0.3, -0.25) is 14.2 Å². The van der Waals surface area contributed by atoms with E-state index in [-0.39, 0.29) is 35.1 Å². The first-order valence-corrected chi connectivity index (χ1v) is 19.4. The summed E-state index contributed by atoms with van der Waals surface area (Å²) in [6.07, 6.45) is 5.42. The smallest absolute Gasteiger partial charge is 0.314 e. The maximum Gasteiger partial charge on any atom is 0.314 e. The number of aryl methyl sites for hydroxylation is 1. The second-order valence-electron chi connectivity index (χ2n) is 13.5. The Hall–Kier alpha value is -5.46. The SMILES string of the molecule is [C-]#[N+]c1ccc(-n2nccc2-c2cc(C(=O)CCCOCCOCCOCCOCCNC(=O)NCCCCCC(C)=O)c(=O)n(-c3cccc(C)c3)c2C)cc1. The molecular weight excluding hydrogens is 729 g/mol. The maximum atomic E-state index is 13.9. The van der Waals surface area contributed by atoms with Crippen LogP contribution in [0.5, 0.6) is 0 Å². The third-order valence-electron chi connectivity index (χ3n) is 8.98. The Kier molecular flexibility index (Phi) is 18.8. The van der Waals surface area contributed by atoms with E-state index < -0.39 is 0 Å². The van der Waals surface area contributed by atoms with E-state index in [1.54, 1.807) is 40.6 Å². The fourth-order valence-corrected chi connectivity index (χ4v) is 6.03. The van der Waals surface area contributed by atoms with E-state index in [1.165, 1.54) is 0 Å². The molecule has 2 heterocycles. The number of hydrogen-bond donors (Lipinski definition) is 2. The number of nitrogens with zero attached hydrogens (tertiary/aromatic N) is 4. The standard InChI is InChI=1S/C43H54N6O8/c1-32-10-8-12-37(30-32)48-34(3)38(40-18-20-47-49(40)36-16-14-35(44-4)15-17-36)31-39(42(48)52)41(51)13-9-22-54-24-26-56-28-29-57-27-25-55-23-21-46-43(53)45-19-7-5-6-11-33(2)50/h8,10,12,14-18,20,30-31H,5-7,9,11,13,19,21-29H2,1-3H3,(H2,45,46,53). The first-order chi connectivity index (χ1) is 27.7. The molecule has 0 fully saturated rings. The minimum atomic E-state index is -0.384. The second-order valence-corrected chi connectivity index (χ2v) is 13.5. The molecule has 304 valence electrons. The Morgan fingerprint density at radius 2 is 1.40 bits per heavy atom. The Morgan fingerprint density at radius 1 is 0.737 bits per heavy atom. The number of unbranched alkanes of at least 4 members (excludes halogenated alkanes) is 2.